The molecule has 2 N–H and O–H groups in total. The van der Waals surface area contributed by atoms with Gasteiger partial charge in [0.15, 0.2) is 0 Å². The molecule has 0 amide bonds. The first-order chi connectivity index (χ1) is 10.1. The molecule has 3 rings (SSSR count). The standard InChI is InChI=1S/C16H20N2O3/c19-10-16(6-2-1-3-7-16)9-18-11-17-13-5-4-12(15(20)21)8-14(13)18/h4-5,8,11,19H,1-3,6-7,9-10H2,(H,20,21). The van der Waals surface area contributed by atoms with Crippen LogP contribution in [0.5, 0.6) is 0 Å². The number of aromatic carboxylic acids is 1. The molecule has 21 heavy (non-hydrogen) atoms. The summed E-state index contributed by atoms with van der Waals surface area (Å²) in [5.41, 5.74) is 1.80. The summed E-state index contributed by atoms with van der Waals surface area (Å²) in [6, 6.07) is 4.98. The minimum absolute atomic E-state index is 0.0922. The molecule has 1 aliphatic carbocycles. The van der Waals surface area contributed by atoms with Gasteiger partial charge in [0.1, 0.15) is 0 Å². The molecule has 5 nitrogen and oxygen atoms in total. The Morgan fingerprint density at radius 2 is 2.05 bits per heavy atom. The van der Waals surface area contributed by atoms with Gasteiger partial charge in [0.05, 0.1) is 29.5 Å². The van der Waals surface area contributed by atoms with Crippen molar-refractivity contribution in [3.8, 4) is 0 Å². The van der Waals surface area contributed by atoms with Crippen molar-refractivity contribution in [3.05, 3.63) is 30.1 Å². The van der Waals surface area contributed by atoms with Crippen molar-refractivity contribution < 1.29 is 15.0 Å². The molecule has 1 fully saturated rings. The van der Waals surface area contributed by atoms with Gasteiger partial charge in [0.2, 0.25) is 0 Å². The topological polar surface area (TPSA) is 75.3 Å². The molecule has 1 aromatic carbocycles. The van der Waals surface area contributed by atoms with Gasteiger partial charge in [-0.2, -0.15) is 0 Å². The minimum Gasteiger partial charge on any atom is -0.478 e. The van der Waals surface area contributed by atoms with Crippen LogP contribution < -0.4 is 0 Å². The normalized spacial score (nSPS) is 18.0. The average molecular weight is 288 g/mol. The Balaban J connectivity index is 1.96. The van der Waals surface area contributed by atoms with Crippen molar-refractivity contribution in [1.29, 1.82) is 0 Å². The fourth-order valence-corrected chi connectivity index (χ4v) is 3.35. The number of carbonyl (C=O) groups is 1. The molecule has 0 spiro atoms. The lowest BCUT2D eigenvalue weighted by Crippen LogP contribution is -2.33. The molecule has 0 unspecified atom stereocenters. The first-order valence-electron chi connectivity index (χ1n) is 7.43. The molecular formula is C16H20N2O3. The second kappa shape index (κ2) is 5.48. The maximum Gasteiger partial charge on any atom is 0.335 e. The maximum atomic E-state index is 11.1. The van der Waals surface area contributed by atoms with Gasteiger partial charge in [0, 0.05) is 12.0 Å². The molecule has 2 aromatic rings. The first kappa shape index (κ1) is 14.1. The van der Waals surface area contributed by atoms with Crippen molar-refractivity contribution in [2.75, 3.05) is 6.61 Å². The third-order valence-electron chi connectivity index (χ3n) is 4.62. The van der Waals surface area contributed by atoms with Crippen molar-refractivity contribution in [1.82, 2.24) is 9.55 Å². The molecule has 0 radical (unpaired) electrons. The number of aliphatic hydroxyl groups excluding tert-OH is 1. The highest BCUT2D eigenvalue weighted by atomic mass is 16.4. The first-order valence-corrected chi connectivity index (χ1v) is 7.43. The van der Waals surface area contributed by atoms with Crippen LogP contribution in [0.4, 0.5) is 0 Å². The van der Waals surface area contributed by atoms with E-state index in [0.717, 1.165) is 36.7 Å². The second-order valence-electron chi connectivity index (χ2n) is 6.10. The lowest BCUT2D eigenvalue weighted by atomic mass is 9.74. The van der Waals surface area contributed by atoms with Crippen LogP contribution in [0, 0.1) is 5.41 Å². The van der Waals surface area contributed by atoms with Gasteiger partial charge < -0.3 is 14.8 Å². The van der Waals surface area contributed by atoms with Crippen LogP contribution in [0.1, 0.15) is 42.5 Å². The number of carboxylic acid groups (broad SMARTS) is 1. The average Bonchev–Trinajstić information content (AvgIpc) is 2.90. The summed E-state index contributed by atoms with van der Waals surface area (Å²) in [7, 11) is 0. The summed E-state index contributed by atoms with van der Waals surface area (Å²) >= 11 is 0. The molecule has 112 valence electrons. The summed E-state index contributed by atoms with van der Waals surface area (Å²) in [5.74, 6) is -0.931. The van der Waals surface area contributed by atoms with Gasteiger partial charge in [0.25, 0.3) is 0 Å². The van der Waals surface area contributed by atoms with E-state index in [4.69, 9.17) is 5.11 Å². The van der Waals surface area contributed by atoms with E-state index in [0.29, 0.717) is 6.54 Å². The van der Waals surface area contributed by atoms with Crippen LogP contribution in [0.3, 0.4) is 0 Å². The Kier molecular flexibility index (Phi) is 3.68. The monoisotopic (exact) mass is 288 g/mol. The molecule has 5 heteroatoms. The summed E-state index contributed by atoms with van der Waals surface area (Å²) in [6.45, 7) is 0.869. The van der Waals surface area contributed by atoms with Gasteiger partial charge in [-0.15, -0.1) is 0 Å². The molecule has 0 saturated heterocycles. The highest BCUT2D eigenvalue weighted by molar-refractivity contribution is 5.92. The van der Waals surface area contributed by atoms with Crippen LogP contribution in [-0.2, 0) is 6.54 Å². The maximum absolute atomic E-state index is 11.1. The Hall–Kier alpha value is -1.88. The Labute approximate surface area is 123 Å². The van der Waals surface area contributed by atoms with E-state index in [1.165, 1.54) is 6.42 Å². The number of rotatable bonds is 4. The fourth-order valence-electron chi connectivity index (χ4n) is 3.35. The third-order valence-corrected chi connectivity index (χ3v) is 4.62. The van der Waals surface area contributed by atoms with Gasteiger partial charge in [-0.25, -0.2) is 9.78 Å². The number of aromatic nitrogens is 2. The Morgan fingerprint density at radius 3 is 2.71 bits per heavy atom. The van der Waals surface area contributed by atoms with Crippen LogP contribution in [-0.4, -0.2) is 32.3 Å². The van der Waals surface area contributed by atoms with Crippen LogP contribution in [0.25, 0.3) is 11.0 Å². The predicted molar refractivity (Wildman–Crippen MR) is 79.3 cm³/mol. The van der Waals surface area contributed by atoms with E-state index in [9.17, 15) is 9.90 Å². The molecule has 0 aliphatic heterocycles. The number of fused-ring (bicyclic) bond motifs is 1. The molecule has 1 saturated carbocycles. The molecule has 1 heterocycles. The van der Waals surface area contributed by atoms with Crippen LogP contribution in [0.2, 0.25) is 0 Å². The van der Waals surface area contributed by atoms with E-state index < -0.39 is 5.97 Å². The van der Waals surface area contributed by atoms with Crippen LogP contribution >= 0.6 is 0 Å². The zero-order valence-electron chi connectivity index (χ0n) is 12.0. The zero-order valence-corrected chi connectivity index (χ0v) is 12.0. The van der Waals surface area contributed by atoms with E-state index in [2.05, 4.69) is 4.98 Å². The van der Waals surface area contributed by atoms with Gasteiger partial charge in [-0.1, -0.05) is 19.3 Å². The van der Waals surface area contributed by atoms with Crippen molar-refractivity contribution in [2.45, 2.75) is 38.6 Å². The lowest BCUT2D eigenvalue weighted by molar-refractivity contribution is 0.0656. The predicted octanol–water partition coefficient (Wildman–Crippen LogP) is 2.68. The summed E-state index contributed by atoms with van der Waals surface area (Å²) < 4.78 is 1.99. The zero-order chi connectivity index (χ0) is 14.9. The molecule has 0 atom stereocenters. The minimum atomic E-state index is -0.931. The smallest absolute Gasteiger partial charge is 0.335 e. The highest BCUT2D eigenvalue weighted by Gasteiger charge is 2.32. The largest absolute Gasteiger partial charge is 0.478 e. The van der Waals surface area contributed by atoms with Gasteiger partial charge >= 0.3 is 5.97 Å². The number of carboxylic acids is 1. The highest BCUT2D eigenvalue weighted by Crippen LogP contribution is 2.38. The summed E-state index contributed by atoms with van der Waals surface area (Å²) in [6.07, 6.45) is 7.31. The number of aliphatic hydroxyl groups is 1. The van der Waals surface area contributed by atoms with E-state index in [1.54, 1.807) is 24.5 Å². The summed E-state index contributed by atoms with van der Waals surface area (Å²) in [5, 5.41) is 18.9. The molecular weight excluding hydrogens is 268 g/mol. The summed E-state index contributed by atoms with van der Waals surface area (Å²) in [4.78, 5) is 15.5. The number of hydrogen-bond acceptors (Lipinski definition) is 3. The van der Waals surface area contributed by atoms with E-state index >= 15 is 0 Å². The quantitative estimate of drug-likeness (QED) is 0.907. The number of nitrogens with zero attached hydrogens (tertiary/aromatic N) is 2. The van der Waals surface area contributed by atoms with E-state index in [-0.39, 0.29) is 17.6 Å². The molecule has 1 aliphatic rings. The second-order valence-corrected chi connectivity index (χ2v) is 6.10. The number of benzene rings is 1. The van der Waals surface area contributed by atoms with Crippen molar-refractivity contribution in [2.24, 2.45) is 5.41 Å². The van der Waals surface area contributed by atoms with Gasteiger partial charge in [-0.3, -0.25) is 0 Å². The Bertz CT molecular complexity index is 657. The van der Waals surface area contributed by atoms with E-state index in [1.807, 2.05) is 4.57 Å². The van der Waals surface area contributed by atoms with Crippen molar-refractivity contribution >= 4 is 17.0 Å². The van der Waals surface area contributed by atoms with Crippen molar-refractivity contribution in [3.63, 3.8) is 0 Å². The van der Waals surface area contributed by atoms with Gasteiger partial charge in [-0.05, 0) is 31.0 Å². The molecule has 1 aromatic heterocycles. The molecule has 0 bridgehead atoms. The fraction of sp³-hybridized carbons (Fsp3) is 0.500. The lowest BCUT2D eigenvalue weighted by Gasteiger charge is -2.36. The Morgan fingerprint density at radius 1 is 1.29 bits per heavy atom. The third kappa shape index (κ3) is 2.65. The van der Waals surface area contributed by atoms with Crippen LogP contribution in [0.15, 0.2) is 24.5 Å². The number of imidazole rings is 1. The number of hydrogen-bond donors (Lipinski definition) is 2. The SMILES string of the molecule is O=C(O)c1ccc2ncn(CC3(CO)CCCCC3)c2c1.